The van der Waals surface area contributed by atoms with E-state index in [1.54, 1.807) is 20.1 Å². The van der Waals surface area contributed by atoms with Gasteiger partial charge in [-0.15, -0.1) is 0 Å². The minimum Gasteiger partial charge on any atom is -0.492 e. The maximum Gasteiger partial charge on any atom is 0.260 e. The fourth-order valence-electron chi connectivity index (χ4n) is 3.60. The number of benzene rings is 1. The van der Waals surface area contributed by atoms with E-state index in [1.807, 2.05) is 47.2 Å². The number of hydrogen-bond donors (Lipinski definition) is 1. The average Bonchev–Trinajstić information content (AvgIpc) is 3.13. The molecule has 0 fully saturated rings. The summed E-state index contributed by atoms with van der Waals surface area (Å²) in [6, 6.07) is 9.63. The molecule has 0 saturated heterocycles. The van der Waals surface area contributed by atoms with E-state index in [0.717, 1.165) is 11.3 Å². The second-order valence-electron chi connectivity index (χ2n) is 6.90. The van der Waals surface area contributed by atoms with E-state index in [9.17, 15) is 4.79 Å². The SMILES string of the molecule is COCCOC1=CC=C(c2cn(-c3ccccc3)c3nc[nH]c(=O)c23)C(C)C1F. The molecule has 1 aromatic carbocycles. The van der Waals surface area contributed by atoms with Crippen molar-refractivity contribution in [2.24, 2.45) is 5.92 Å². The predicted molar refractivity (Wildman–Crippen MR) is 110 cm³/mol. The molecule has 0 saturated carbocycles. The van der Waals surface area contributed by atoms with E-state index in [-0.39, 0.29) is 17.9 Å². The van der Waals surface area contributed by atoms with Crippen molar-refractivity contribution < 1.29 is 13.9 Å². The molecule has 2 aromatic heterocycles. The number of methoxy groups -OCH3 is 1. The van der Waals surface area contributed by atoms with Gasteiger partial charge in [0.2, 0.25) is 0 Å². The van der Waals surface area contributed by atoms with Crippen molar-refractivity contribution in [3.8, 4) is 5.69 Å². The highest BCUT2D eigenvalue weighted by molar-refractivity contribution is 5.92. The van der Waals surface area contributed by atoms with Crippen molar-refractivity contribution in [3.63, 3.8) is 0 Å². The first-order chi connectivity index (χ1) is 14.1. The maximum atomic E-state index is 15.1. The number of halogens is 1. The van der Waals surface area contributed by atoms with Crippen LogP contribution in [0.15, 0.2) is 65.6 Å². The third kappa shape index (κ3) is 3.49. The van der Waals surface area contributed by atoms with E-state index < -0.39 is 12.1 Å². The van der Waals surface area contributed by atoms with Gasteiger partial charge in [-0.25, -0.2) is 9.37 Å². The summed E-state index contributed by atoms with van der Waals surface area (Å²) < 4.78 is 27.4. The van der Waals surface area contributed by atoms with Gasteiger partial charge in [0.1, 0.15) is 12.4 Å². The Balaban J connectivity index is 1.83. The molecule has 7 heteroatoms. The van der Waals surface area contributed by atoms with Gasteiger partial charge < -0.3 is 19.0 Å². The van der Waals surface area contributed by atoms with Gasteiger partial charge in [0.25, 0.3) is 5.56 Å². The lowest BCUT2D eigenvalue weighted by molar-refractivity contribution is 0.0828. The normalized spacial score (nSPS) is 19.1. The summed E-state index contributed by atoms with van der Waals surface area (Å²) in [5, 5.41) is 0.443. The number of allylic oxidation sites excluding steroid dienone is 4. The topological polar surface area (TPSA) is 69.1 Å². The number of rotatable bonds is 6. The van der Waals surface area contributed by atoms with Crippen LogP contribution < -0.4 is 5.56 Å². The van der Waals surface area contributed by atoms with Crippen LogP contribution in [0.4, 0.5) is 4.39 Å². The fraction of sp³-hybridized carbons (Fsp3) is 0.273. The summed E-state index contributed by atoms with van der Waals surface area (Å²) >= 11 is 0. The molecule has 0 radical (unpaired) electrons. The smallest absolute Gasteiger partial charge is 0.260 e. The standard InChI is InChI=1S/C22H22FN3O3/c1-14-16(8-9-18(20(14)23)29-11-10-28-2)17-12-26(15-6-4-3-5-7-15)21-19(17)22(27)25-13-24-21/h3-9,12-14,20H,10-11H2,1-2H3,(H,24,25,27). The Morgan fingerprint density at radius 3 is 2.76 bits per heavy atom. The van der Waals surface area contributed by atoms with Gasteiger partial charge in [-0.05, 0) is 23.8 Å². The molecule has 2 heterocycles. The molecule has 4 rings (SSSR count). The molecule has 6 nitrogen and oxygen atoms in total. The Labute approximate surface area is 167 Å². The number of H-pyrrole nitrogens is 1. The molecular weight excluding hydrogens is 373 g/mol. The van der Waals surface area contributed by atoms with Crippen LogP contribution in [-0.2, 0) is 9.47 Å². The molecule has 150 valence electrons. The Morgan fingerprint density at radius 2 is 2.00 bits per heavy atom. The molecule has 1 aliphatic rings. The molecule has 0 amide bonds. The second kappa shape index (κ2) is 8.05. The van der Waals surface area contributed by atoms with Crippen LogP contribution in [0.25, 0.3) is 22.3 Å². The van der Waals surface area contributed by atoms with Gasteiger partial charge in [-0.1, -0.05) is 31.2 Å². The van der Waals surface area contributed by atoms with Gasteiger partial charge >= 0.3 is 0 Å². The van der Waals surface area contributed by atoms with Crippen LogP contribution in [0.1, 0.15) is 12.5 Å². The van der Waals surface area contributed by atoms with Crippen LogP contribution in [0.2, 0.25) is 0 Å². The van der Waals surface area contributed by atoms with E-state index in [2.05, 4.69) is 9.97 Å². The number of nitrogens with one attached hydrogen (secondary N) is 1. The first-order valence-electron chi connectivity index (χ1n) is 9.44. The Bertz CT molecular complexity index is 1130. The Morgan fingerprint density at radius 1 is 1.21 bits per heavy atom. The molecule has 29 heavy (non-hydrogen) atoms. The zero-order valence-electron chi connectivity index (χ0n) is 16.3. The molecular formula is C22H22FN3O3. The summed E-state index contributed by atoms with van der Waals surface area (Å²) in [5.41, 5.74) is 2.55. The van der Waals surface area contributed by atoms with Crippen LogP contribution >= 0.6 is 0 Å². The van der Waals surface area contributed by atoms with Crippen molar-refractivity contribution in [1.29, 1.82) is 0 Å². The van der Waals surface area contributed by atoms with E-state index >= 15 is 4.39 Å². The molecule has 2 unspecified atom stereocenters. The minimum atomic E-state index is -1.31. The van der Waals surface area contributed by atoms with E-state index in [4.69, 9.17) is 9.47 Å². The molecule has 1 aliphatic carbocycles. The van der Waals surface area contributed by atoms with Crippen molar-refractivity contribution in [3.05, 3.63) is 76.7 Å². The summed E-state index contributed by atoms with van der Waals surface area (Å²) in [6.45, 7) is 2.47. The van der Waals surface area contributed by atoms with Gasteiger partial charge in [-0.2, -0.15) is 0 Å². The van der Waals surface area contributed by atoms with Crippen LogP contribution in [-0.4, -0.2) is 41.0 Å². The fourth-order valence-corrected chi connectivity index (χ4v) is 3.60. The van der Waals surface area contributed by atoms with Crippen LogP contribution in [0.5, 0.6) is 0 Å². The zero-order valence-corrected chi connectivity index (χ0v) is 16.3. The molecule has 2 atom stereocenters. The second-order valence-corrected chi connectivity index (χ2v) is 6.90. The monoisotopic (exact) mass is 395 g/mol. The predicted octanol–water partition coefficient (Wildman–Crippen LogP) is 3.63. The number of alkyl halides is 1. The van der Waals surface area contributed by atoms with Crippen molar-refractivity contribution in [2.75, 3.05) is 20.3 Å². The summed E-state index contributed by atoms with van der Waals surface area (Å²) in [7, 11) is 1.57. The van der Waals surface area contributed by atoms with Crippen LogP contribution in [0, 0.1) is 5.92 Å². The number of aromatic amines is 1. The van der Waals surface area contributed by atoms with Crippen molar-refractivity contribution >= 4 is 16.6 Å². The number of nitrogens with zero attached hydrogens (tertiary/aromatic N) is 2. The largest absolute Gasteiger partial charge is 0.492 e. The van der Waals surface area contributed by atoms with Gasteiger partial charge in [0.15, 0.2) is 11.8 Å². The lowest BCUT2D eigenvalue weighted by atomic mass is 9.86. The van der Waals surface area contributed by atoms with E-state index in [0.29, 0.717) is 23.2 Å². The number of para-hydroxylation sites is 1. The summed E-state index contributed by atoms with van der Waals surface area (Å²) in [6.07, 6.45) is 5.37. The summed E-state index contributed by atoms with van der Waals surface area (Å²) in [4.78, 5) is 19.6. The molecule has 0 spiro atoms. The third-order valence-electron chi connectivity index (χ3n) is 5.12. The number of hydrogen-bond acceptors (Lipinski definition) is 4. The first-order valence-corrected chi connectivity index (χ1v) is 9.44. The van der Waals surface area contributed by atoms with Gasteiger partial charge in [0, 0.05) is 30.5 Å². The highest BCUT2D eigenvalue weighted by atomic mass is 19.1. The van der Waals surface area contributed by atoms with Gasteiger partial charge in [0.05, 0.1) is 18.3 Å². The van der Waals surface area contributed by atoms with Gasteiger partial charge in [-0.3, -0.25) is 4.79 Å². The molecule has 0 aliphatic heterocycles. The van der Waals surface area contributed by atoms with Crippen LogP contribution in [0.3, 0.4) is 0 Å². The molecule has 3 aromatic rings. The maximum absolute atomic E-state index is 15.1. The Hall–Kier alpha value is -3.19. The highest BCUT2D eigenvalue weighted by Gasteiger charge is 2.31. The lowest BCUT2D eigenvalue weighted by Gasteiger charge is -2.25. The number of ether oxygens (including phenoxy) is 2. The van der Waals surface area contributed by atoms with Crippen molar-refractivity contribution in [2.45, 2.75) is 13.1 Å². The minimum absolute atomic E-state index is 0.255. The first kappa shape index (κ1) is 19.1. The average molecular weight is 395 g/mol. The zero-order chi connectivity index (χ0) is 20.4. The lowest BCUT2D eigenvalue weighted by Crippen LogP contribution is -2.23. The number of fused-ring (bicyclic) bond motifs is 1. The summed E-state index contributed by atoms with van der Waals surface area (Å²) in [5.74, 6) is -0.205. The van der Waals surface area contributed by atoms with Crippen molar-refractivity contribution in [1.82, 2.24) is 14.5 Å². The number of aromatic nitrogens is 3. The third-order valence-corrected chi connectivity index (χ3v) is 5.12. The molecule has 1 N–H and O–H groups in total. The quantitative estimate of drug-likeness (QED) is 0.647. The Kier molecular flexibility index (Phi) is 5.31. The highest BCUT2D eigenvalue weighted by Crippen LogP contribution is 2.38. The van der Waals surface area contributed by atoms with E-state index in [1.165, 1.54) is 6.33 Å². The molecule has 0 bridgehead atoms.